The summed E-state index contributed by atoms with van der Waals surface area (Å²) in [6.45, 7) is 0. The molecule has 0 saturated heterocycles. The van der Waals surface area contributed by atoms with Gasteiger partial charge in [0.1, 0.15) is 5.69 Å². The van der Waals surface area contributed by atoms with E-state index in [4.69, 9.17) is 4.42 Å². The molecule has 0 radical (unpaired) electrons. The summed E-state index contributed by atoms with van der Waals surface area (Å²) in [5.74, 6) is 0.699. The molecule has 0 spiro atoms. The second-order valence-corrected chi connectivity index (χ2v) is 1.93. The van der Waals surface area contributed by atoms with Crippen molar-refractivity contribution < 1.29 is 4.42 Å². The molecule has 0 aromatic carbocycles. The molecule has 1 aliphatic rings. The number of rotatable bonds is 0. The van der Waals surface area contributed by atoms with Crippen molar-refractivity contribution >= 4 is 12.0 Å². The minimum absolute atomic E-state index is 0.699. The lowest BCUT2D eigenvalue weighted by Crippen LogP contribution is -1.84. The van der Waals surface area contributed by atoms with Gasteiger partial charge in [0.25, 0.3) is 0 Å². The Morgan fingerprint density at radius 1 is 1.40 bits per heavy atom. The summed E-state index contributed by atoms with van der Waals surface area (Å²) >= 11 is 0. The maximum Gasteiger partial charge on any atom is 0.224 e. The standard InChI is InChI=1S/C7H6N2O/c1-2-4-8-7-6(3-1)9-5-10-7/h1-5,8H. The summed E-state index contributed by atoms with van der Waals surface area (Å²) in [4.78, 5) is 3.96. The molecule has 0 saturated carbocycles. The maximum absolute atomic E-state index is 5.01. The predicted octanol–water partition coefficient (Wildman–Crippen LogP) is 1.63. The van der Waals surface area contributed by atoms with Gasteiger partial charge in [-0.2, -0.15) is 0 Å². The molecular formula is C7H6N2O. The van der Waals surface area contributed by atoms with Crippen molar-refractivity contribution in [2.45, 2.75) is 0 Å². The monoisotopic (exact) mass is 134 g/mol. The molecule has 1 aromatic rings. The van der Waals surface area contributed by atoms with Gasteiger partial charge in [-0.15, -0.1) is 0 Å². The van der Waals surface area contributed by atoms with Gasteiger partial charge < -0.3 is 9.73 Å². The van der Waals surface area contributed by atoms with Crippen molar-refractivity contribution in [1.82, 2.24) is 4.98 Å². The van der Waals surface area contributed by atoms with Crippen LogP contribution in [0.1, 0.15) is 5.69 Å². The molecular weight excluding hydrogens is 128 g/mol. The molecule has 50 valence electrons. The SMILES string of the molecule is C1=CNc2ocnc2C=C1. The van der Waals surface area contributed by atoms with Crippen LogP contribution < -0.4 is 5.32 Å². The zero-order valence-corrected chi connectivity index (χ0v) is 5.24. The van der Waals surface area contributed by atoms with Crippen LogP contribution in [-0.4, -0.2) is 4.98 Å². The highest BCUT2D eigenvalue weighted by atomic mass is 16.4. The molecule has 0 aliphatic carbocycles. The Balaban J connectivity index is 2.50. The quantitative estimate of drug-likeness (QED) is 0.586. The van der Waals surface area contributed by atoms with E-state index in [2.05, 4.69) is 10.3 Å². The molecule has 3 nitrogen and oxygen atoms in total. The second-order valence-electron chi connectivity index (χ2n) is 1.93. The van der Waals surface area contributed by atoms with E-state index in [0.29, 0.717) is 5.88 Å². The number of nitrogens with one attached hydrogen (secondary N) is 1. The van der Waals surface area contributed by atoms with Gasteiger partial charge >= 0.3 is 0 Å². The predicted molar refractivity (Wildman–Crippen MR) is 38.3 cm³/mol. The van der Waals surface area contributed by atoms with Crippen LogP contribution >= 0.6 is 0 Å². The Kier molecular flexibility index (Phi) is 1.07. The summed E-state index contributed by atoms with van der Waals surface area (Å²) in [5.41, 5.74) is 0.838. The topological polar surface area (TPSA) is 38.1 Å². The third-order valence-electron chi connectivity index (χ3n) is 1.27. The first-order valence-electron chi connectivity index (χ1n) is 3.00. The lowest BCUT2D eigenvalue weighted by molar-refractivity contribution is 0.574. The number of oxazole rings is 1. The molecule has 1 N–H and O–H groups in total. The molecule has 0 atom stereocenters. The Bertz CT molecular complexity index is 286. The largest absolute Gasteiger partial charge is 0.427 e. The van der Waals surface area contributed by atoms with Gasteiger partial charge in [-0.05, 0) is 12.2 Å². The van der Waals surface area contributed by atoms with Crippen LogP contribution in [0.5, 0.6) is 0 Å². The highest BCUT2D eigenvalue weighted by molar-refractivity contribution is 5.61. The number of fused-ring (bicyclic) bond motifs is 1. The summed E-state index contributed by atoms with van der Waals surface area (Å²) in [6, 6.07) is 0. The number of hydrogen-bond donors (Lipinski definition) is 1. The minimum Gasteiger partial charge on any atom is -0.427 e. The summed E-state index contributed by atoms with van der Waals surface area (Å²) < 4.78 is 5.01. The molecule has 2 rings (SSSR count). The fourth-order valence-corrected chi connectivity index (χ4v) is 0.808. The number of allylic oxidation sites excluding steroid dienone is 2. The van der Waals surface area contributed by atoms with E-state index < -0.39 is 0 Å². The number of anilines is 1. The van der Waals surface area contributed by atoms with Crippen molar-refractivity contribution in [3.05, 3.63) is 30.4 Å². The summed E-state index contributed by atoms with van der Waals surface area (Å²) in [7, 11) is 0. The van der Waals surface area contributed by atoms with E-state index in [9.17, 15) is 0 Å². The molecule has 10 heavy (non-hydrogen) atoms. The summed E-state index contributed by atoms with van der Waals surface area (Å²) in [5, 5.41) is 2.93. The first kappa shape index (κ1) is 5.29. The smallest absolute Gasteiger partial charge is 0.224 e. The number of aromatic nitrogens is 1. The Morgan fingerprint density at radius 3 is 3.40 bits per heavy atom. The zero-order valence-electron chi connectivity index (χ0n) is 5.24. The van der Waals surface area contributed by atoms with Crippen molar-refractivity contribution in [3.8, 4) is 0 Å². The molecule has 0 unspecified atom stereocenters. The molecule has 1 aliphatic heterocycles. The fourth-order valence-electron chi connectivity index (χ4n) is 0.808. The van der Waals surface area contributed by atoms with Gasteiger partial charge in [-0.3, -0.25) is 0 Å². The van der Waals surface area contributed by atoms with E-state index in [0.717, 1.165) is 5.69 Å². The zero-order chi connectivity index (χ0) is 6.81. The van der Waals surface area contributed by atoms with E-state index >= 15 is 0 Å². The van der Waals surface area contributed by atoms with Gasteiger partial charge in [0, 0.05) is 6.20 Å². The van der Waals surface area contributed by atoms with Crippen molar-refractivity contribution in [1.29, 1.82) is 0 Å². The Labute approximate surface area is 58.1 Å². The van der Waals surface area contributed by atoms with Gasteiger partial charge in [0.05, 0.1) is 0 Å². The fraction of sp³-hybridized carbons (Fsp3) is 0. The molecule has 0 amide bonds. The molecule has 0 bridgehead atoms. The molecule has 3 heteroatoms. The molecule has 1 aromatic heterocycles. The summed E-state index contributed by atoms with van der Waals surface area (Å²) in [6.07, 6.45) is 8.89. The van der Waals surface area contributed by atoms with E-state index in [1.54, 1.807) is 6.20 Å². The molecule has 0 fully saturated rings. The number of nitrogens with zero attached hydrogens (tertiary/aromatic N) is 1. The van der Waals surface area contributed by atoms with Crippen molar-refractivity contribution in [2.24, 2.45) is 0 Å². The minimum atomic E-state index is 0.699. The van der Waals surface area contributed by atoms with Crippen LogP contribution in [0.3, 0.4) is 0 Å². The molecule has 2 heterocycles. The third-order valence-corrected chi connectivity index (χ3v) is 1.27. The highest BCUT2D eigenvalue weighted by Gasteiger charge is 2.02. The maximum atomic E-state index is 5.01. The van der Waals surface area contributed by atoms with Gasteiger partial charge in [-0.1, -0.05) is 6.08 Å². The van der Waals surface area contributed by atoms with Crippen molar-refractivity contribution in [2.75, 3.05) is 5.32 Å². The first-order chi connectivity index (χ1) is 4.97. The Morgan fingerprint density at radius 2 is 2.40 bits per heavy atom. The first-order valence-corrected chi connectivity index (χ1v) is 3.00. The highest BCUT2D eigenvalue weighted by Crippen LogP contribution is 2.16. The van der Waals surface area contributed by atoms with Gasteiger partial charge in [0.2, 0.25) is 5.88 Å². The Hall–Kier alpha value is -1.51. The van der Waals surface area contributed by atoms with Crippen LogP contribution in [0.25, 0.3) is 6.08 Å². The third kappa shape index (κ3) is 0.719. The van der Waals surface area contributed by atoms with E-state index in [-0.39, 0.29) is 0 Å². The average molecular weight is 134 g/mol. The lowest BCUT2D eigenvalue weighted by atomic mass is 10.4. The normalized spacial score (nSPS) is 14.0. The van der Waals surface area contributed by atoms with Crippen LogP contribution in [0.4, 0.5) is 5.88 Å². The lowest BCUT2D eigenvalue weighted by Gasteiger charge is -1.90. The second kappa shape index (κ2) is 2.02. The van der Waals surface area contributed by atoms with Crippen LogP contribution in [0.2, 0.25) is 0 Å². The van der Waals surface area contributed by atoms with Crippen LogP contribution in [0, 0.1) is 0 Å². The van der Waals surface area contributed by atoms with Gasteiger partial charge in [0.15, 0.2) is 6.39 Å². The van der Waals surface area contributed by atoms with Crippen LogP contribution in [-0.2, 0) is 0 Å². The van der Waals surface area contributed by atoms with Crippen LogP contribution in [0.15, 0.2) is 29.2 Å². The van der Waals surface area contributed by atoms with Crippen molar-refractivity contribution in [3.63, 3.8) is 0 Å². The van der Waals surface area contributed by atoms with E-state index in [1.165, 1.54) is 6.39 Å². The number of hydrogen-bond acceptors (Lipinski definition) is 3. The average Bonchev–Trinajstić information content (AvgIpc) is 2.28. The van der Waals surface area contributed by atoms with E-state index in [1.807, 2.05) is 18.2 Å². The van der Waals surface area contributed by atoms with Gasteiger partial charge in [-0.25, -0.2) is 4.98 Å².